The Hall–Kier alpha value is -2.89. The molecule has 0 saturated carbocycles. The van der Waals surface area contributed by atoms with Crippen molar-refractivity contribution in [3.63, 3.8) is 0 Å². The fourth-order valence-corrected chi connectivity index (χ4v) is 3.58. The molecular weight excluding hydrogens is 314 g/mol. The highest BCUT2D eigenvalue weighted by Crippen LogP contribution is 2.34. The quantitative estimate of drug-likeness (QED) is 0.770. The number of nitrogens with one attached hydrogen (secondary N) is 2. The summed E-state index contributed by atoms with van der Waals surface area (Å²) in [6.07, 6.45) is 3.78. The number of rotatable bonds is 3. The molecule has 0 spiro atoms. The molecule has 4 rings (SSSR count). The fraction of sp³-hybridized carbons (Fsp3) is 0.316. The number of anilines is 1. The first-order valence-corrected chi connectivity index (χ1v) is 8.57. The summed E-state index contributed by atoms with van der Waals surface area (Å²) in [5, 5.41) is 3.06. The molecule has 1 aliphatic rings. The molecule has 6 heteroatoms. The van der Waals surface area contributed by atoms with Crippen LogP contribution in [0, 0.1) is 6.92 Å². The number of pyridine rings is 1. The van der Waals surface area contributed by atoms with Crippen LogP contribution in [0.5, 0.6) is 0 Å². The number of hydrogen-bond donors (Lipinski definition) is 2. The minimum Gasteiger partial charge on any atom is -0.373 e. The number of amides is 1. The van der Waals surface area contributed by atoms with Gasteiger partial charge in [0.05, 0.1) is 17.1 Å². The van der Waals surface area contributed by atoms with Gasteiger partial charge in [-0.1, -0.05) is 0 Å². The molecule has 1 saturated heterocycles. The van der Waals surface area contributed by atoms with E-state index in [-0.39, 0.29) is 11.9 Å². The van der Waals surface area contributed by atoms with Crippen molar-refractivity contribution in [1.82, 2.24) is 19.9 Å². The maximum Gasteiger partial charge on any atom is 0.254 e. The van der Waals surface area contributed by atoms with Gasteiger partial charge >= 0.3 is 0 Å². The summed E-state index contributed by atoms with van der Waals surface area (Å²) in [5.74, 6) is 1.75. The summed E-state index contributed by atoms with van der Waals surface area (Å²) < 4.78 is 0. The van der Waals surface area contributed by atoms with E-state index in [1.165, 1.54) is 0 Å². The van der Waals surface area contributed by atoms with Gasteiger partial charge in [-0.25, -0.2) is 9.97 Å². The molecule has 6 nitrogen and oxygen atoms in total. The summed E-state index contributed by atoms with van der Waals surface area (Å²) >= 11 is 0. The van der Waals surface area contributed by atoms with E-state index in [2.05, 4.69) is 20.3 Å². The van der Waals surface area contributed by atoms with Crippen molar-refractivity contribution in [2.24, 2.45) is 0 Å². The molecule has 1 atom stereocenters. The van der Waals surface area contributed by atoms with Crippen LogP contribution in [0.15, 0.2) is 36.5 Å². The van der Waals surface area contributed by atoms with Gasteiger partial charge in [-0.2, -0.15) is 0 Å². The van der Waals surface area contributed by atoms with Crippen LogP contribution < -0.4 is 5.32 Å². The second-order valence-corrected chi connectivity index (χ2v) is 6.44. The van der Waals surface area contributed by atoms with Crippen LogP contribution in [0.3, 0.4) is 0 Å². The van der Waals surface area contributed by atoms with Crippen molar-refractivity contribution < 1.29 is 4.79 Å². The first-order valence-electron chi connectivity index (χ1n) is 8.57. The van der Waals surface area contributed by atoms with Crippen LogP contribution in [0.2, 0.25) is 0 Å². The predicted molar refractivity (Wildman–Crippen MR) is 97.6 cm³/mol. The molecule has 2 N–H and O–H groups in total. The summed E-state index contributed by atoms with van der Waals surface area (Å²) in [5.41, 5.74) is 3.62. The van der Waals surface area contributed by atoms with Gasteiger partial charge in [0.25, 0.3) is 5.91 Å². The SMILES string of the molecule is CNc1cc(C2CCCN2C(=O)c2ccc3nc(C)[nH]c3c2)ccn1. The number of aryl methyl sites for hydroxylation is 1. The van der Waals surface area contributed by atoms with Crippen molar-refractivity contribution in [1.29, 1.82) is 0 Å². The van der Waals surface area contributed by atoms with E-state index in [0.29, 0.717) is 5.56 Å². The van der Waals surface area contributed by atoms with E-state index in [1.54, 1.807) is 6.20 Å². The molecular formula is C19H21N5O. The van der Waals surface area contributed by atoms with E-state index in [0.717, 1.165) is 47.6 Å². The Morgan fingerprint density at radius 1 is 1.32 bits per heavy atom. The van der Waals surface area contributed by atoms with Crippen LogP contribution in [0.25, 0.3) is 11.0 Å². The zero-order valence-corrected chi connectivity index (χ0v) is 14.4. The molecule has 1 unspecified atom stereocenters. The Morgan fingerprint density at radius 2 is 2.20 bits per heavy atom. The Morgan fingerprint density at radius 3 is 3.04 bits per heavy atom. The largest absolute Gasteiger partial charge is 0.373 e. The molecule has 3 aromatic rings. The van der Waals surface area contributed by atoms with Gasteiger partial charge in [-0.3, -0.25) is 4.79 Å². The van der Waals surface area contributed by atoms with Crippen LogP contribution >= 0.6 is 0 Å². The Balaban J connectivity index is 1.65. The van der Waals surface area contributed by atoms with E-state index >= 15 is 0 Å². The van der Waals surface area contributed by atoms with E-state index in [1.807, 2.05) is 49.2 Å². The molecule has 3 heterocycles. The number of aromatic nitrogens is 3. The second-order valence-electron chi connectivity index (χ2n) is 6.44. The fourth-order valence-electron chi connectivity index (χ4n) is 3.58. The lowest BCUT2D eigenvalue weighted by Gasteiger charge is -2.25. The third-order valence-corrected chi connectivity index (χ3v) is 4.79. The predicted octanol–water partition coefficient (Wildman–Crippen LogP) is 3.29. The summed E-state index contributed by atoms with van der Waals surface area (Å²) in [6, 6.07) is 9.80. The van der Waals surface area contributed by atoms with Crippen molar-refractivity contribution in [2.75, 3.05) is 18.9 Å². The van der Waals surface area contributed by atoms with Crippen molar-refractivity contribution in [2.45, 2.75) is 25.8 Å². The molecule has 1 fully saturated rings. The van der Waals surface area contributed by atoms with Gasteiger partial charge in [0.2, 0.25) is 0 Å². The molecule has 0 radical (unpaired) electrons. The van der Waals surface area contributed by atoms with Crippen molar-refractivity contribution in [3.05, 3.63) is 53.5 Å². The maximum absolute atomic E-state index is 13.1. The number of benzene rings is 1. The standard InChI is InChI=1S/C19H21N5O/c1-12-22-15-6-5-14(10-16(15)23-12)19(25)24-9-3-4-17(24)13-7-8-21-18(11-13)20-2/h5-8,10-11,17H,3-4,9H2,1-2H3,(H,20,21)(H,22,23). The van der Waals surface area contributed by atoms with Crippen molar-refractivity contribution in [3.8, 4) is 0 Å². The molecule has 1 aliphatic heterocycles. The Kier molecular flexibility index (Phi) is 3.87. The molecule has 0 aliphatic carbocycles. The van der Waals surface area contributed by atoms with E-state index < -0.39 is 0 Å². The van der Waals surface area contributed by atoms with Gasteiger partial charge in [-0.05, 0) is 55.7 Å². The molecule has 0 bridgehead atoms. The highest BCUT2D eigenvalue weighted by molar-refractivity contribution is 5.97. The van der Waals surface area contributed by atoms with E-state index in [4.69, 9.17) is 0 Å². The average molecular weight is 335 g/mol. The molecule has 2 aromatic heterocycles. The average Bonchev–Trinajstić information content (AvgIpc) is 3.26. The zero-order chi connectivity index (χ0) is 17.4. The number of likely N-dealkylation sites (tertiary alicyclic amines) is 1. The first kappa shape index (κ1) is 15.6. The summed E-state index contributed by atoms with van der Waals surface area (Å²) in [6.45, 7) is 2.70. The topological polar surface area (TPSA) is 73.9 Å². The lowest BCUT2D eigenvalue weighted by atomic mass is 10.0. The number of imidazole rings is 1. The Bertz CT molecular complexity index is 932. The number of carbonyl (C=O) groups is 1. The van der Waals surface area contributed by atoms with Gasteiger partial charge in [0.15, 0.2) is 0 Å². The first-order chi connectivity index (χ1) is 12.2. The monoisotopic (exact) mass is 335 g/mol. The van der Waals surface area contributed by atoms with Gasteiger partial charge in [0.1, 0.15) is 11.6 Å². The lowest BCUT2D eigenvalue weighted by molar-refractivity contribution is 0.0736. The number of nitrogens with zero attached hydrogens (tertiary/aromatic N) is 3. The van der Waals surface area contributed by atoms with E-state index in [9.17, 15) is 4.79 Å². The third kappa shape index (κ3) is 2.84. The maximum atomic E-state index is 13.1. The number of H-pyrrole nitrogens is 1. The molecule has 25 heavy (non-hydrogen) atoms. The Labute approximate surface area is 146 Å². The highest BCUT2D eigenvalue weighted by Gasteiger charge is 2.31. The van der Waals surface area contributed by atoms with Crippen LogP contribution in [-0.2, 0) is 0 Å². The normalized spacial score (nSPS) is 17.2. The third-order valence-electron chi connectivity index (χ3n) is 4.79. The highest BCUT2D eigenvalue weighted by atomic mass is 16.2. The summed E-state index contributed by atoms with van der Waals surface area (Å²) in [7, 11) is 1.85. The number of hydrogen-bond acceptors (Lipinski definition) is 4. The molecule has 128 valence electrons. The minimum absolute atomic E-state index is 0.0690. The van der Waals surface area contributed by atoms with Crippen LogP contribution in [-0.4, -0.2) is 39.4 Å². The number of fused-ring (bicyclic) bond motifs is 1. The molecule has 1 amide bonds. The number of aromatic amines is 1. The summed E-state index contributed by atoms with van der Waals surface area (Å²) in [4.78, 5) is 26.9. The molecule has 1 aromatic carbocycles. The minimum atomic E-state index is 0.0690. The second kappa shape index (κ2) is 6.20. The van der Waals surface area contributed by atoms with Crippen LogP contribution in [0.1, 0.15) is 40.6 Å². The zero-order valence-electron chi connectivity index (χ0n) is 14.4. The number of carbonyl (C=O) groups excluding carboxylic acids is 1. The van der Waals surface area contributed by atoms with Crippen molar-refractivity contribution >= 4 is 22.8 Å². The smallest absolute Gasteiger partial charge is 0.254 e. The van der Waals surface area contributed by atoms with Gasteiger partial charge < -0.3 is 15.2 Å². The van der Waals surface area contributed by atoms with Gasteiger partial charge in [0, 0.05) is 25.4 Å². The lowest BCUT2D eigenvalue weighted by Crippen LogP contribution is -2.30. The van der Waals surface area contributed by atoms with Gasteiger partial charge in [-0.15, -0.1) is 0 Å². The van der Waals surface area contributed by atoms with Crippen LogP contribution in [0.4, 0.5) is 5.82 Å².